The summed E-state index contributed by atoms with van der Waals surface area (Å²) in [7, 11) is 1.34. The highest BCUT2D eigenvalue weighted by molar-refractivity contribution is 5.83. The van der Waals surface area contributed by atoms with Gasteiger partial charge in [0.05, 0.1) is 13.3 Å². The number of rotatable bonds is 8. The number of nitrogens with zero attached hydrogens (tertiary/aromatic N) is 1. The lowest BCUT2D eigenvalue weighted by Gasteiger charge is -2.19. The van der Waals surface area contributed by atoms with Gasteiger partial charge in [0.25, 0.3) is 5.91 Å². The molecule has 1 amide bonds. The molecule has 0 unspecified atom stereocenters. The third kappa shape index (κ3) is 7.06. The predicted octanol–water partition coefficient (Wildman–Crippen LogP) is 4.12. The molecule has 2 rings (SSSR count). The minimum absolute atomic E-state index is 0.0388. The first-order valence-electron chi connectivity index (χ1n) is 8.87. The van der Waals surface area contributed by atoms with Crippen LogP contribution in [-0.4, -0.2) is 32.4 Å². The van der Waals surface area contributed by atoms with Crippen molar-refractivity contribution in [3.05, 3.63) is 53.6 Å². The molecule has 2 aromatic rings. The number of halogens is 2. The zero-order valence-electron chi connectivity index (χ0n) is 16.7. The Morgan fingerprint density at radius 2 is 1.83 bits per heavy atom. The molecule has 8 heteroatoms. The molecule has 0 atom stereocenters. The molecule has 0 aliphatic rings. The van der Waals surface area contributed by atoms with E-state index in [4.69, 9.17) is 9.47 Å². The number of ether oxygens (including phenoxy) is 3. The quantitative estimate of drug-likeness (QED) is 0.529. The van der Waals surface area contributed by atoms with Crippen molar-refractivity contribution in [1.82, 2.24) is 5.43 Å². The van der Waals surface area contributed by atoms with Gasteiger partial charge in [-0.05, 0) is 46.9 Å². The highest BCUT2D eigenvalue weighted by atomic mass is 19.3. The van der Waals surface area contributed by atoms with Crippen molar-refractivity contribution < 1.29 is 27.8 Å². The summed E-state index contributed by atoms with van der Waals surface area (Å²) in [5.41, 5.74) is 4.07. The third-order valence-electron chi connectivity index (χ3n) is 3.90. The highest BCUT2D eigenvalue weighted by Gasteiger charge is 2.13. The molecule has 29 heavy (non-hydrogen) atoms. The lowest BCUT2D eigenvalue weighted by Crippen LogP contribution is -2.24. The molecule has 0 bridgehead atoms. The van der Waals surface area contributed by atoms with Crippen molar-refractivity contribution >= 4 is 12.1 Å². The first-order valence-corrected chi connectivity index (χ1v) is 8.87. The van der Waals surface area contributed by atoms with Gasteiger partial charge in [0.2, 0.25) is 0 Å². The maximum atomic E-state index is 12.3. The fraction of sp³-hybridized carbons (Fsp3) is 0.333. The normalized spacial score (nSPS) is 11.6. The van der Waals surface area contributed by atoms with Gasteiger partial charge in [-0.15, -0.1) is 0 Å². The number of benzene rings is 2. The Labute approximate surface area is 168 Å². The number of hydrogen-bond acceptors (Lipinski definition) is 5. The largest absolute Gasteiger partial charge is 0.493 e. The zero-order valence-corrected chi connectivity index (χ0v) is 16.7. The maximum absolute atomic E-state index is 12.3. The van der Waals surface area contributed by atoms with Gasteiger partial charge >= 0.3 is 6.61 Å². The zero-order chi connectivity index (χ0) is 21.4. The molecular weight excluding hydrogens is 382 g/mol. The van der Waals surface area contributed by atoms with Gasteiger partial charge in [-0.2, -0.15) is 13.9 Å². The Kier molecular flexibility index (Phi) is 7.52. The number of hydrogen-bond donors (Lipinski definition) is 1. The van der Waals surface area contributed by atoms with Crippen molar-refractivity contribution in [1.29, 1.82) is 0 Å². The van der Waals surface area contributed by atoms with Crippen LogP contribution in [0.5, 0.6) is 17.2 Å². The second-order valence-corrected chi connectivity index (χ2v) is 7.15. The summed E-state index contributed by atoms with van der Waals surface area (Å²) in [5, 5.41) is 3.82. The first-order chi connectivity index (χ1) is 13.7. The smallest absolute Gasteiger partial charge is 0.387 e. The van der Waals surface area contributed by atoms with Gasteiger partial charge in [-0.1, -0.05) is 32.9 Å². The van der Waals surface area contributed by atoms with E-state index < -0.39 is 12.5 Å². The van der Waals surface area contributed by atoms with E-state index in [1.165, 1.54) is 37.1 Å². The monoisotopic (exact) mass is 406 g/mol. The van der Waals surface area contributed by atoms with Crippen molar-refractivity contribution in [2.45, 2.75) is 32.8 Å². The van der Waals surface area contributed by atoms with Crippen LogP contribution in [0.25, 0.3) is 0 Å². The van der Waals surface area contributed by atoms with E-state index in [2.05, 4.69) is 36.0 Å². The van der Waals surface area contributed by atoms with Gasteiger partial charge in [0, 0.05) is 0 Å². The first kappa shape index (κ1) is 22.1. The van der Waals surface area contributed by atoms with E-state index in [9.17, 15) is 13.6 Å². The molecule has 0 aromatic heterocycles. The Balaban J connectivity index is 1.86. The van der Waals surface area contributed by atoms with Crippen molar-refractivity contribution in [2.75, 3.05) is 13.7 Å². The fourth-order valence-corrected chi connectivity index (χ4v) is 2.37. The number of nitrogens with one attached hydrogen (secondary N) is 1. The molecule has 2 aromatic carbocycles. The average Bonchev–Trinajstić information content (AvgIpc) is 2.66. The number of carbonyl (C=O) groups excluding carboxylic acids is 1. The predicted molar refractivity (Wildman–Crippen MR) is 106 cm³/mol. The lowest BCUT2D eigenvalue weighted by atomic mass is 9.87. The summed E-state index contributed by atoms with van der Waals surface area (Å²) >= 11 is 0. The van der Waals surface area contributed by atoms with Crippen LogP contribution in [0.1, 0.15) is 31.9 Å². The van der Waals surface area contributed by atoms with E-state index in [1.807, 2.05) is 24.3 Å². The van der Waals surface area contributed by atoms with Crippen LogP contribution in [0.4, 0.5) is 8.78 Å². The molecule has 0 fully saturated rings. The van der Waals surface area contributed by atoms with Gasteiger partial charge in [-0.25, -0.2) is 5.43 Å². The molecule has 0 aliphatic carbocycles. The molecule has 0 aliphatic heterocycles. The summed E-state index contributed by atoms with van der Waals surface area (Å²) in [5.74, 6) is 0.180. The minimum atomic E-state index is -2.95. The van der Waals surface area contributed by atoms with E-state index in [0.29, 0.717) is 11.3 Å². The minimum Gasteiger partial charge on any atom is -0.493 e. The van der Waals surface area contributed by atoms with Crippen LogP contribution >= 0.6 is 0 Å². The van der Waals surface area contributed by atoms with Crippen molar-refractivity contribution in [3.8, 4) is 17.2 Å². The van der Waals surface area contributed by atoms with E-state index in [-0.39, 0.29) is 23.5 Å². The molecule has 0 saturated heterocycles. The summed E-state index contributed by atoms with van der Waals surface area (Å²) in [4.78, 5) is 11.9. The third-order valence-corrected chi connectivity index (χ3v) is 3.90. The van der Waals surface area contributed by atoms with Gasteiger partial charge in [0.15, 0.2) is 18.1 Å². The Bertz CT molecular complexity index is 847. The van der Waals surface area contributed by atoms with Gasteiger partial charge < -0.3 is 14.2 Å². The van der Waals surface area contributed by atoms with Crippen molar-refractivity contribution in [2.24, 2.45) is 5.10 Å². The van der Waals surface area contributed by atoms with E-state index in [1.54, 1.807) is 0 Å². The standard InChI is InChI=1S/C21H24F2N2O4/c1-21(2,3)15-6-8-16(9-7-15)28-13-19(26)25-24-12-14-5-10-17(29-20(22)23)18(11-14)27-4/h5-12,20H,13H2,1-4H3,(H,25,26)/b24-12+. The molecule has 0 radical (unpaired) electrons. The number of amides is 1. The maximum Gasteiger partial charge on any atom is 0.387 e. The lowest BCUT2D eigenvalue weighted by molar-refractivity contribution is -0.123. The number of alkyl halides is 2. The van der Waals surface area contributed by atoms with Crippen molar-refractivity contribution in [3.63, 3.8) is 0 Å². The van der Waals surface area contributed by atoms with Crippen LogP contribution in [-0.2, 0) is 10.2 Å². The molecule has 0 heterocycles. The summed E-state index contributed by atoms with van der Waals surface area (Å²) < 4.78 is 39.4. The number of carbonyl (C=O) groups is 1. The Morgan fingerprint density at radius 1 is 1.14 bits per heavy atom. The van der Waals surface area contributed by atoms with E-state index >= 15 is 0 Å². The highest BCUT2D eigenvalue weighted by Crippen LogP contribution is 2.29. The topological polar surface area (TPSA) is 69.2 Å². The van der Waals surface area contributed by atoms with Crippen LogP contribution in [0.3, 0.4) is 0 Å². The van der Waals surface area contributed by atoms with Crippen LogP contribution in [0.2, 0.25) is 0 Å². The Morgan fingerprint density at radius 3 is 2.41 bits per heavy atom. The molecule has 0 saturated carbocycles. The number of methoxy groups -OCH3 is 1. The van der Waals surface area contributed by atoms with Gasteiger partial charge in [0.1, 0.15) is 5.75 Å². The SMILES string of the molecule is COc1cc(/C=N/NC(=O)COc2ccc(C(C)(C)C)cc2)ccc1OC(F)F. The summed E-state index contributed by atoms with van der Waals surface area (Å²) in [6, 6.07) is 11.8. The summed E-state index contributed by atoms with van der Waals surface area (Å²) in [6.45, 7) is 3.19. The van der Waals surface area contributed by atoms with Crippen LogP contribution < -0.4 is 19.6 Å². The molecule has 1 N–H and O–H groups in total. The molecule has 156 valence electrons. The second-order valence-electron chi connectivity index (χ2n) is 7.15. The van der Waals surface area contributed by atoms with Gasteiger partial charge in [-0.3, -0.25) is 4.79 Å². The fourth-order valence-electron chi connectivity index (χ4n) is 2.37. The molecule has 6 nitrogen and oxygen atoms in total. The molecular formula is C21H24F2N2O4. The Hall–Kier alpha value is -3.16. The van der Waals surface area contributed by atoms with Crippen LogP contribution in [0, 0.1) is 0 Å². The van der Waals surface area contributed by atoms with E-state index in [0.717, 1.165) is 0 Å². The summed E-state index contributed by atoms with van der Waals surface area (Å²) in [6.07, 6.45) is 1.35. The molecule has 0 spiro atoms. The average molecular weight is 406 g/mol. The van der Waals surface area contributed by atoms with Crippen LogP contribution in [0.15, 0.2) is 47.6 Å². The second kappa shape index (κ2) is 9.86. The number of hydrazone groups is 1.